The molecule has 2 rings (SSSR count). The van der Waals surface area contributed by atoms with Crippen molar-refractivity contribution in [3.63, 3.8) is 0 Å². The number of rotatable bonds is 6. The van der Waals surface area contributed by atoms with Crippen LogP contribution in [0.5, 0.6) is 0 Å². The molecular weight excluding hydrogens is 294 g/mol. The standard InChI is InChI=1S/C17H23N3O3/c1-12(2)15-10-14(23-18-15)11-19(4)16(21)8-9-20-13(3)6-5-7-17(20)22/h5-7,10,12H,8-9,11H2,1-4H3. The van der Waals surface area contributed by atoms with Crippen molar-refractivity contribution in [2.75, 3.05) is 7.05 Å². The molecule has 2 aromatic rings. The van der Waals surface area contributed by atoms with E-state index < -0.39 is 0 Å². The largest absolute Gasteiger partial charge is 0.359 e. The second kappa shape index (κ2) is 7.26. The first-order chi connectivity index (χ1) is 10.9. The Kier molecular flexibility index (Phi) is 5.36. The van der Waals surface area contributed by atoms with Gasteiger partial charge >= 0.3 is 0 Å². The highest BCUT2D eigenvalue weighted by atomic mass is 16.5. The molecule has 0 saturated heterocycles. The van der Waals surface area contributed by atoms with Crippen LogP contribution >= 0.6 is 0 Å². The number of aryl methyl sites for hydroxylation is 1. The van der Waals surface area contributed by atoms with Crippen LogP contribution < -0.4 is 5.56 Å². The summed E-state index contributed by atoms with van der Waals surface area (Å²) in [7, 11) is 1.72. The van der Waals surface area contributed by atoms with Crippen LogP contribution in [0, 0.1) is 6.92 Å². The van der Waals surface area contributed by atoms with Gasteiger partial charge in [-0.15, -0.1) is 0 Å². The van der Waals surface area contributed by atoms with E-state index >= 15 is 0 Å². The van der Waals surface area contributed by atoms with E-state index in [0.29, 0.717) is 24.8 Å². The summed E-state index contributed by atoms with van der Waals surface area (Å²) >= 11 is 0. The monoisotopic (exact) mass is 317 g/mol. The minimum atomic E-state index is -0.0859. The van der Waals surface area contributed by atoms with Crippen molar-refractivity contribution in [2.45, 2.75) is 46.2 Å². The number of hydrogen-bond acceptors (Lipinski definition) is 4. The molecule has 0 radical (unpaired) electrons. The van der Waals surface area contributed by atoms with Gasteiger partial charge in [0.2, 0.25) is 5.91 Å². The minimum absolute atomic E-state index is 0.0392. The predicted octanol–water partition coefficient (Wildman–Crippen LogP) is 2.32. The van der Waals surface area contributed by atoms with Gasteiger partial charge in [0.25, 0.3) is 5.56 Å². The Morgan fingerprint density at radius 1 is 1.39 bits per heavy atom. The van der Waals surface area contributed by atoms with Crippen LogP contribution in [0.25, 0.3) is 0 Å². The molecule has 2 heterocycles. The van der Waals surface area contributed by atoms with Crippen molar-refractivity contribution in [2.24, 2.45) is 0 Å². The average molecular weight is 317 g/mol. The number of pyridine rings is 1. The van der Waals surface area contributed by atoms with Gasteiger partial charge in [0.05, 0.1) is 12.2 Å². The summed E-state index contributed by atoms with van der Waals surface area (Å²) in [5.74, 6) is 0.918. The molecule has 2 aromatic heterocycles. The van der Waals surface area contributed by atoms with Crippen LogP contribution in [0.4, 0.5) is 0 Å². The van der Waals surface area contributed by atoms with Crippen LogP contribution in [-0.2, 0) is 17.9 Å². The molecule has 0 aliphatic rings. The first-order valence-electron chi connectivity index (χ1n) is 7.74. The second-order valence-corrected chi connectivity index (χ2v) is 6.03. The topological polar surface area (TPSA) is 68.3 Å². The summed E-state index contributed by atoms with van der Waals surface area (Å²) in [6.07, 6.45) is 0.270. The zero-order chi connectivity index (χ0) is 17.0. The van der Waals surface area contributed by atoms with Gasteiger partial charge in [-0.05, 0) is 18.9 Å². The van der Waals surface area contributed by atoms with E-state index in [0.717, 1.165) is 11.4 Å². The first kappa shape index (κ1) is 17.0. The molecule has 124 valence electrons. The molecule has 6 heteroatoms. The normalized spacial score (nSPS) is 11.0. The number of carbonyl (C=O) groups excluding carboxylic acids is 1. The summed E-state index contributed by atoms with van der Waals surface area (Å²) in [6, 6.07) is 6.96. The molecule has 0 saturated carbocycles. The molecule has 0 atom stereocenters. The molecule has 0 aliphatic heterocycles. The van der Waals surface area contributed by atoms with Gasteiger partial charge in [-0.2, -0.15) is 0 Å². The van der Waals surface area contributed by atoms with Gasteiger partial charge in [-0.3, -0.25) is 9.59 Å². The number of amides is 1. The number of hydrogen-bond donors (Lipinski definition) is 0. The third kappa shape index (κ3) is 4.31. The highest BCUT2D eigenvalue weighted by Crippen LogP contribution is 2.15. The molecule has 1 amide bonds. The van der Waals surface area contributed by atoms with E-state index in [-0.39, 0.29) is 17.9 Å². The predicted molar refractivity (Wildman–Crippen MR) is 87.1 cm³/mol. The Bertz CT molecular complexity index is 731. The Morgan fingerprint density at radius 3 is 2.74 bits per heavy atom. The van der Waals surface area contributed by atoms with E-state index in [4.69, 9.17) is 4.52 Å². The van der Waals surface area contributed by atoms with Gasteiger partial charge < -0.3 is 14.0 Å². The molecule has 0 aromatic carbocycles. The maximum atomic E-state index is 12.2. The second-order valence-electron chi connectivity index (χ2n) is 6.03. The first-order valence-corrected chi connectivity index (χ1v) is 7.74. The molecule has 0 unspecified atom stereocenters. The van der Waals surface area contributed by atoms with E-state index in [1.165, 1.54) is 6.07 Å². The minimum Gasteiger partial charge on any atom is -0.359 e. The molecule has 0 fully saturated rings. The van der Waals surface area contributed by atoms with Gasteiger partial charge in [0.15, 0.2) is 5.76 Å². The Labute approximate surface area is 135 Å². The van der Waals surface area contributed by atoms with E-state index in [1.807, 2.05) is 32.9 Å². The average Bonchev–Trinajstić information content (AvgIpc) is 2.95. The van der Waals surface area contributed by atoms with Crippen molar-refractivity contribution in [3.8, 4) is 0 Å². The lowest BCUT2D eigenvalue weighted by atomic mass is 10.1. The van der Waals surface area contributed by atoms with Crippen molar-refractivity contribution >= 4 is 5.91 Å². The molecule has 0 N–H and O–H groups in total. The van der Waals surface area contributed by atoms with Crippen LogP contribution in [0.3, 0.4) is 0 Å². The zero-order valence-corrected chi connectivity index (χ0v) is 14.1. The molecule has 6 nitrogen and oxygen atoms in total. The summed E-state index contributed by atoms with van der Waals surface area (Å²) < 4.78 is 6.86. The van der Waals surface area contributed by atoms with Crippen LogP contribution in [-0.4, -0.2) is 27.6 Å². The lowest BCUT2D eigenvalue weighted by Crippen LogP contribution is -2.29. The lowest BCUT2D eigenvalue weighted by Gasteiger charge is -2.16. The van der Waals surface area contributed by atoms with Crippen LogP contribution in [0.15, 0.2) is 33.6 Å². The fourth-order valence-electron chi connectivity index (χ4n) is 2.31. The van der Waals surface area contributed by atoms with Gasteiger partial charge in [0, 0.05) is 37.8 Å². The highest BCUT2D eigenvalue weighted by Gasteiger charge is 2.14. The van der Waals surface area contributed by atoms with Gasteiger partial charge in [0.1, 0.15) is 0 Å². The van der Waals surface area contributed by atoms with Crippen molar-refractivity contribution in [3.05, 3.63) is 51.8 Å². The van der Waals surface area contributed by atoms with Crippen molar-refractivity contribution < 1.29 is 9.32 Å². The summed E-state index contributed by atoms with van der Waals surface area (Å²) in [6.45, 7) is 6.69. The zero-order valence-electron chi connectivity index (χ0n) is 14.1. The lowest BCUT2D eigenvalue weighted by molar-refractivity contribution is -0.130. The molecule has 0 spiro atoms. The number of aromatic nitrogens is 2. The summed E-state index contributed by atoms with van der Waals surface area (Å²) in [4.78, 5) is 25.6. The summed E-state index contributed by atoms with van der Waals surface area (Å²) in [5.41, 5.74) is 1.65. The maximum Gasteiger partial charge on any atom is 0.250 e. The van der Waals surface area contributed by atoms with E-state index in [2.05, 4.69) is 5.16 Å². The van der Waals surface area contributed by atoms with Crippen LogP contribution in [0.1, 0.15) is 43.3 Å². The third-order valence-corrected chi connectivity index (χ3v) is 3.80. The maximum absolute atomic E-state index is 12.2. The number of nitrogens with zero attached hydrogens (tertiary/aromatic N) is 3. The Hall–Kier alpha value is -2.37. The van der Waals surface area contributed by atoms with E-state index in [9.17, 15) is 9.59 Å². The van der Waals surface area contributed by atoms with E-state index in [1.54, 1.807) is 22.6 Å². The molecule has 0 aliphatic carbocycles. The van der Waals surface area contributed by atoms with Gasteiger partial charge in [-0.25, -0.2) is 0 Å². The number of carbonyl (C=O) groups is 1. The van der Waals surface area contributed by atoms with Crippen LogP contribution in [0.2, 0.25) is 0 Å². The Balaban J connectivity index is 1.93. The summed E-state index contributed by atoms with van der Waals surface area (Å²) in [5, 5.41) is 3.99. The SMILES string of the molecule is Cc1cccc(=O)n1CCC(=O)N(C)Cc1cc(C(C)C)no1. The fourth-order valence-corrected chi connectivity index (χ4v) is 2.31. The van der Waals surface area contributed by atoms with Crippen molar-refractivity contribution in [1.29, 1.82) is 0 Å². The molecule has 0 bridgehead atoms. The third-order valence-electron chi connectivity index (χ3n) is 3.80. The molecule has 23 heavy (non-hydrogen) atoms. The molecular formula is C17H23N3O3. The smallest absolute Gasteiger partial charge is 0.250 e. The quantitative estimate of drug-likeness (QED) is 0.820. The Morgan fingerprint density at radius 2 is 2.13 bits per heavy atom. The van der Waals surface area contributed by atoms with Crippen molar-refractivity contribution in [1.82, 2.24) is 14.6 Å². The van der Waals surface area contributed by atoms with Gasteiger partial charge in [-0.1, -0.05) is 25.1 Å². The fraction of sp³-hybridized carbons (Fsp3) is 0.471. The highest BCUT2D eigenvalue weighted by molar-refractivity contribution is 5.75.